The molecule has 1 heterocycles. The van der Waals surface area contributed by atoms with E-state index in [4.69, 9.17) is 5.73 Å². The molecule has 1 aliphatic heterocycles. The van der Waals surface area contributed by atoms with Gasteiger partial charge in [-0.1, -0.05) is 0 Å². The number of rotatable bonds is 4. The zero-order chi connectivity index (χ0) is 19.1. The fourth-order valence-electron chi connectivity index (χ4n) is 5.11. The minimum absolute atomic E-state index is 0. The van der Waals surface area contributed by atoms with Crippen LogP contribution in [0.1, 0.15) is 39.0 Å². The standard InChI is InChI=1S/C18H28F3N3O2.ClH/c1-2-23(10-18(19,20)21)16(25)13-4-3-7-24(9-13)17(26)14-11-5-6-12(8-11)15(14)22;/h11-15H,2-10,22H2,1H3;1H. The van der Waals surface area contributed by atoms with Gasteiger partial charge in [-0.15, -0.1) is 12.4 Å². The van der Waals surface area contributed by atoms with E-state index in [1.165, 1.54) is 0 Å². The largest absolute Gasteiger partial charge is 0.406 e. The number of halogens is 4. The summed E-state index contributed by atoms with van der Waals surface area (Å²) in [6, 6.07) is -0.116. The Balaban J connectivity index is 0.00000261. The van der Waals surface area contributed by atoms with Crippen LogP contribution in [0.25, 0.3) is 0 Å². The van der Waals surface area contributed by atoms with Crippen LogP contribution in [0.15, 0.2) is 0 Å². The summed E-state index contributed by atoms with van der Waals surface area (Å²) in [5.74, 6) is -0.486. The van der Waals surface area contributed by atoms with Crippen molar-refractivity contribution in [3.63, 3.8) is 0 Å². The molecule has 5 atom stereocenters. The number of fused-ring (bicyclic) bond motifs is 2. The topological polar surface area (TPSA) is 66.6 Å². The number of carbonyl (C=O) groups excluding carboxylic acids is 2. The number of amides is 2. The SMILES string of the molecule is CCN(CC(F)(F)F)C(=O)C1CCCN(C(=O)C2C3CCC(C3)C2N)C1.Cl. The first-order valence-electron chi connectivity index (χ1n) is 9.61. The zero-order valence-corrected chi connectivity index (χ0v) is 16.4. The second-order valence-corrected chi connectivity index (χ2v) is 8.03. The molecule has 0 aromatic heterocycles. The van der Waals surface area contributed by atoms with E-state index in [0.717, 1.165) is 24.2 Å². The predicted molar refractivity (Wildman–Crippen MR) is 97.2 cm³/mol. The van der Waals surface area contributed by atoms with Crippen molar-refractivity contribution in [2.45, 2.75) is 51.2 Å². The average molecular weight is 412 g/mol. The van der Waals surface area contributed by atoms with Gasteiger partial charge in [0.2, 0.25) is 11.8 Å². The van der Waals surface area contributed by atoms with Gasteiger partial charge < -0.3 is 15.5 Å². The maximum atomic E-state index is 13.0. The van der Waals surface area contributed by atoms with Gasteiger partial charge in [0.1, 0.15) is 6.54 Å². The summed E-state index contributed by atoms with van der Waals surface area (Å²) in [6.45, 7) is 1.11. The summed E-state index contributed by atoms with van der Waals surface area (Å²) in [5.41, 5.74) is 6.26. The Labute approximate surface area is 164 Å². The lowest BCUT2D eigenvalue weighted by molar-refractivity contribution is -0.165. The molecule has 0 spiro atoms. The smallest absolute Gasteiger partial charge is 0.342 e. The third kappa shape index (κ3) is 4.70. The molecule has 0 aromatic rings. The number of piperidine rings is 1. The number of carbonyl (C=O) groups is 2. The minimum atomic E-state index is -4.41. The molecule has 0 aromatic carbocycles. The maximum absolute atomic E-state index is 13.0. The van der Waals surface area contributed by atoms with Crippen LogP contribution in [0.5, 0.6) is 0 Å². The van der Waals surface area contributed by atoms with Crippen molar-refractivity contribution in [3.8, 4) is 0 Å². The first-order chi connectivity index (χ1) is 12.2. The first kappa shape index (κ1) is 22.3. The van der Waals surface area contributed by atoms with E-state index in [9.17, 15) is 22.8 Å². The molecule has 2 aliphatic carbocycles. The number of nitrogens with two attached hydrogens (primary N) is 1. The molecule has 3 aliphatic rings. The van der Waals surface area contributed by atoms with Gasteiger partial charge >= 0.3 is 6.18 Å². The highest BCUT2D eigenvalue weighted by Crippen LogP contribution is 2.48. The van der Waals surface area contributed by atoms with Crippen LogP contribution >= 0.6 is 12.4 Å². The van der Waals surface area contributed by atoms with Gasteiger partial charge in [-0.2, -0.15) is 13.2 Å². The summed E-state index contributed by atoms with van der Waals surface area (Å²) in [7, 11) is 0. The van der Waals surface area contributed by atoms with Crippen LogP contribution in [0.2, 0.25) is 0 Å². The second kappa shape index (κ2) is 8.55. The fraction of sp³-hybridized carbons (Fsp3) is 0.889. The quantitative estimate of drug-likeness (QED) is 0.772. The van der Waals surface area contributed by atoms with Crippen molar-refractivity contribution < 1.29 is 22.8 Å². The van der Waals surface area contributed by atoms with Crippen molar-refractivity contribution in [2.24, 2.45) is 29.4 Å². The lowest BCUT2D eigenvalue weighted by atomic mass is 9.83. The number of hydrogen-bond acceptors (Lipinski definition) is 3. The first-order valence-corrected chi connectivity index (χ1v) is 9.61. The third-order valence-corrected chi connectivity index (χ3v) is 6.41. The molecule has 0 radical (unpaired) electrons. The van der Waals surface area contributed by atoms with E-state index in [1.807, 2.05) is 0 Å². The monoisotopic (exact) mass is 411 g/mol. The van der Waals surface area contributed by atoms with Crippen molar-refractivity contribution in [3.05, 3.63) is 0 Å². The van der Waals surface area contributed by atoms with Gasteiger partial charge in [-0.3, -0.25) is 9.59 Å². The van der Waals surface area contributed by atoms with Crippen LogP contribution in [0.4, 0.5) is 13.2 Å². The summed E-state index contributed by atoms with van der Waals surface area (Å²) < 4.78 is 38.1. The van der Waals surface area contributed by atoms with Gasteiger partial charge in [0.15, 0.2) is 0 Å². The summed E-state index contributed by atoms with van der Waals surface area (Å²) in [6.07, 6.45) is -0.129. The molecular weight excluding hydrogens is 383 g/mol. The molecule has 1 saturated heterocycles. The molecule has 2 bridgehead atoms. The molecule has 156 valence electrons. The lowest BCUT2D eigenvalue weighted by Gasteiger charge is -2.38. The Kier molecular flexibility index (Phi) is 7.06. The number of alkyl halides is 3. The Hall–Kier alpha value is -1.02. The second-order valence-electron chi connectivity index (χ2n) is 8.03. The van der Waals surface area contributed by atoms with Crippen molar-refractivity contribution in [1.29, 1.82) is 0 Å². The van der Waals surface area contributed by atoms with Crippen molar-refractivity contribution >= 4 is 24.2 Å². The number of hydrogen-bond donors (Lipinski definition) is 1. The Morgan fingerprint density at radius 3 is 2.41 bits per heavy atom. The van der Waals surface area contributed by atoms with E-state index >= 15 is 0 Å². The highest BCUT2D eigenvalue weighted by molar-refractivity contribution is 5.85. The molecule has 27 heavy (non-hydrogen) atoms. The van der Waals surface area contributed by atoms with Crippen molar-refractivity contribution in [2.75, 3.05) is 26.2 Å². The molecule has 2 saturated carbocycles. The van der Waals surface area contributed by atoms with Crippen LogP contribution in [-0.2, 0) is 9.59 Å². The molecule has 9 heteroatoms. The number of likely N-dealkylation sites (tertiary alicyclic amines) is 1. The van der Waals surface area contributed by atoms with Gasteiger partial charge in [0.05, 0.1) is 11.8 Å². The highest BCUT2D eigenvalue weighted by atomic mass is 35.5. The van der Waals surface area contributed by atoms with E-state index in [0.29, 0.717) is 31.2 Å². The van der Waals surface area contributed by atoms with Gasteiger partial charge in [-0.25, -0.2) is 0 Å². The van der Waals surface area contributed by atoms with Gasteiger partial charge in [0, 0.05) is 25.7 Å². The van der Waals surface area contributed by atoms with Crippen LogP contribution < -0.4 is 5.73 Å². The normalized spacial score (nSPS) is 32.9. The van der Waals surface area contributed by atoms with Crippen molar-refractivity contribution in [1.82, 2.24) is 9.80 Å². The van der Waals surface area contributed by atoms with Crippen LogP contribution in [-0.4, -0.2) is 60.0 Å². The van der Waals surface area contributed by atoms with E-state index in [2.05, 4.69) is 0 Å². The number of nitrogens with zero attached hydrogens (tertiary/aromatic N) is 2. The zero-order valence-electron chi connectivity index (χ0n) is 15.6. The van der Waals surface area contributed by atoms with Crippen LogP contribution in [0.3, 0.4) is 0 Å². The maximum Gasteiger partial charge on any atom is 0.406 e. The summed E-state index contributed by atoms with van der Waals surface area (Å²) in [4.78, 5) is 28.1. The molecule has 3 rings (SSSR count). The average Bonchev–Trinajstić information content (AvgIpc) is 3.19. The Morgan fingerprint density at radius 1 is 1.19 bits per heavy atom. The lowest BCUT2D eigenvalue weighted by Crippen LogP contribution is -2.52. The van der Waals surface area contributed by atoms with Gasteiger partial charge in [-0.05, 0) is 50.9 Å². The molecule has 2 N–H and O–H groups in total. The molecule has 2 amide bonds. The van der Waals surface area contributed by atoms with Crippen LogP contribution in [0, 0.1) is 23.7 Å². The fourth-order valence-corrected chi connectivity index (χ4v) is 5.11. The summed E-state index contributed by atoms with van der Waals surface area (Å²) in [5, 5.41) is 0. The van der Waals surface area contributed by atoms with Gasteiger partial charge in [0.25, 0.3) is 0 Å². The Bertz CT molecular complexity index is 558. The predicted octanol–water partition coefficient (Wildman–Crippen LogP) is 2.43. The molecule has 5 nitrogen and oxygen atoms in total. The Morgan fingerprint density at radius 2 is 1.85 bits per heavy atom. The highest BCUT2D eigenvalue weighted by Gasteiger charge is 2.50. The third-order valence-electron chi connectivity index (χ3n) is 6.41. The summed E-state index contributed by atoms with van der Waals surface area (Å²) >= 11 is 0. The molecular formula is C18H29ClF3N3O2. The molecule has 5 unspecified atom stereocenters. The van der Waals surface area contributed by atoms with E-state index in [-0.39, 0.29) is 43.4 Å². The van der Waals surface area contributed by atoms with E-state index < -0.39 is 24.5 Å². The molecule has 3 fully saturated rings. The van der Waals surface area contributed by atoms with E-state index in [1.54, 1.807) is 11.8 Å². The minimum Gasteiger partial charge on any atom is -0.342 e.